The summed E-state index contributed by atoms with van der Waals surface area (Å²) < 4.78 is 5.47. The fourth-order valence-corrected chi connectivity index (χ4v) is 3.49. The molecule has 0 radical (unpaired) electrons. The molecule has 132 valence electrons. The summed E-state index contributed by atoms with van der Waals surface area (Å²) in [5, 5.41) is 10.8. The van der Waals surface area contributed by atoms with Gasteiger partial charge in [0.05, 0.1) is 17.6 Å². The maximum absolute atomic E-state index is 12.6. The molecule has 0 aromatic heterocycles. The first-order valence-electron chi connectivity index (χ1n) is 7.51. The zero-order chi connectivity index (χ0) is 18.7. The molecule has 0 spiro atoms. The highest BCUT2D eigenvalue weighted by Gasteiger charge is 2.34. The first kappa shape index (κ1) is 18.0. The van der Waals surface area contributed by atoms with E-state index in [1.165, 1.54) is 12.1 Å². The molecule has 1 aliphatic heterocycles. The van der Waals surface area contributed by atoms with Crippen molar-refractivity contribution in [3.63, 3.8) is 0 Å². The number of benzene rings is 2. The van der Waals surface area contributed by atoms with E-state index in [0.29, 0.717) is 10.7 Å². The van der Waals surface area contributed by atoms with E-state index in [4.69, 9.17) is 17.0 Å². The van der Waals surface area contributed by atoms with Crippen molar-refractivity contribution < 1.29 is 19.4 Å². The largest absolute Gasteiger partial charge is 0.507 e. The molecule has 26 heavy (non-hydrogen) atoms. The number of hydrazine groups is 1. The van der Waals surface area contributed by atoms with Gasteiger partial charge >= 0.3 is 0 Å². The van der Waals surface area contributed by atoms with Gasteiger partial charge in [-0.3, -0.25) is 15.0 Å². The minimum atomic E-state index is -0.627. The van der Waals surface area contributed by atoms with Gasteiger partial charge in [-0.1, -0.05) is 42.1 Å². The van der Waals surface area contributed by atoms with Crippen molar-refractivity contribution in [3.05, 3.63) is 64.6 Å². The standard InChI is InChI=1S/C18H14N2O4S2/c1-24-14-9-5-2-6-11(14)10-15-17(23)20(18(25)26-15)19-16(22)12-7-3-4-8-13(12)21/h2-10,21H,1H3,(H,19,22)/b15-10+. The Bertz CT molecular complexity index is 927. The molecular formula is C18H14N2O4S2. The molecule has 8 heteroatoms. The van der Waals surface area contributed by atoms with Crippen molar-refractivity contribution in [2.75, 3.05) is 7.11 Å². The van der Waals surface area contributed by atoms with Crippen LogP contribution in [0.25, 0.3) is 6.08 Å². The predicted molar refractivity (Wildman–Crippen MR) is 104 cm³/mol. The lowest BCUT2D eigenvalue weighted by atomic mass is 10.2. The first-order valence-corrected chi connectivity index (χ1v) is 8.73. The van der Waals surface area contributed by atoms with Crippen molar-refractivity contribution in [1.82, 2.24) is 10.4 Å². The second-order valence-electron chi connectivity index (χ2n) is 5.22. The van der Waals surface area contributed by atoms with E-state index in [2.05, 4.69) is 5.43 Å². The van der Waals surface area contributed by atoms with Gasteiger partial charge in [0.25, 0.3) is 11.8 Å². The number of thiocarbonyl (C=S) groups is 1. The summed E-state index contributed by atoms with van der Waals surface area (Å²) in [4.78, 5) is 25.3. The van der Waals surface area contributed by atoms with Crippen LogP contribution in [-0.2, 0) is 4.79 Å². The number of phenolic OH excluding ortho intramolecular Hbond substituents is 1. The number of ether oxygens (including phenoxy) is 1. The predicted octanol–water partition coefficient (Wildman–Crippen LogP) is 2.95. The lowest BCUT2D eigenvalue weighted by molar-refractivity contribution is -0.123. The monoisotopic (exact) mass is 386 g/mol. The van der Waals surface area contributed by atoms with Crippen molar-refractivity contribution in [2.45, 2.75) is 0 Å². The lowest BCUT2D eigenvalue weighted by Gasteiger charge is -2.16. The highest BCUT2D eigenvalue weighted by molar-refractivity contribution is 8.26. The van der Waals surface area contributed by atoms with E-state index >= 15 is 0 Å². The number of nitrogens with one attached hydrogen (secondary N) is 1. The molecule has 1 saturated heterocycles. The molecule has 1 heterocycles. The Morgan fingerprint density at radius 1 is 1.23 bits per heavy atom. The van der Waals surface area contributed by atoms with E-state index in [9.17, 15) is 14.7 Å². The van der Waals surface area contributed by atoms with Crippen LogP contribution in [0.1, 0.15) is 15.9 Å². The van der Waals surface area contributed by atoms with E-state index < -0.39 is 11.8 Å². The minimum absolute atomic E-state index is 0.0512. The number of aromatic hydroxyl groups is 1. The summed E-state index contributed by atoms with van der Waals surface area (Å²) in [6, 6.07) is 13.3. The van der Waals surface area contributed by atoms with Crippen molar-refractivity contribution in [2.24, 2.45) is 0 Å². The second-order valence-corrected chi connectivity index (χ2v) is 6.89. The number of phenols is 1. The second kappa shape index (κ2) is 7.59. The first-order chi connectivity index (χ1) is 12.5. The molecule has 1 fully saturated rings. The minimum Gasteiger partial charge on any atom is -0.507 e. The number of carbonyl (C=O) groups is 2. The van der Waals surface area contributed by atoms with Crippen molar-refractivity contribution in [3.8, 4) is 11.5 Å². The summed E-state index contributed by atoms with van der Waals surface area (Å²) in [5.41, 5.74) is 3.21. The number of para-hydroxylation sites is 2. The van der Waals surface area contributed by atoms with Crippen LogP contribution in [0.3, 0.4) is 0 Å². The van der Waals surface area contributed by atoms with Gasteiger partial charge in [-0.25, -0.2) is 0 Å². The molecule has 0 aliphatic carbocycles. The molecule has 0 unspecified atom stereocenters. The van der Waals surface area contributed by atoms with Crippen LogP contribution in [0.5, 0.6) is 11.5 Å². The molecule has 2 N–H and O–H groups in total. The summed E-state index contributed by atoms with van der Waals surface area (Å²) in [5.74, 6) is -0.636. The fraction of sp³-hybridized carbons (Fsp3) is 0.0556. The van der Waals surface area contributed by atoms with Gasteiger partial charge in [-0.15, -0.1) is 0 Å². The van der Waals surface area contributed by atoms with Gasteiger partial charge < -0.3 is 9.84 Å². The molecule has 6 nitrogen and oxygen atoms in total. The SMILES string of the molecule is COc1ccccc1/C=C1/SC(=S)N(NC(=O)c2ccccc2O)C1=O. The Morgan fingerprint density at radius 3 is 2.65 bits per heavy atom. The lowest BCUT2D eigenvalue weighted by Crippen LogP contribution is -2.44. The van der Waals surface area contributed by atoms with Crippen molar-refractivity contribution >= 4 is 46.2 Å². The third kappa shape index (κ3) is 3.56. The van der Waals surface area contributed by atoms with Crippen LogP contribution >= 0.6 is 24.0 Å². The van der Waals surface area contributed by atoms with Crippen LogP contribution < -0.4 is 10.2 Å². The van der Waals surface area contributed by atoms with E-state index in [0.717, 1.165) is 22.3 Å². The van der Waals surface area contributed by atoms with Gasteiger partial charge in [-0.05, 0) is 36.5 Å². The van der Waals surface area contributed by atoms with E-state index in [-0.39, 0.29) is 15.6 Å². The quantitative estimate of drug-likeness (QED) is 0.621. The number of nitrogens with zero attached hydrogens (tertiary/aromatic N) is 1. The number of methoxy groups -OCH3 is 1. The van der Waals surface area contributed by atoms with Gasteiger partial charge in [0, 0.05) is 5.56 Å². The number of rotatable bonds is 4. The number of carbonyl (C=O) groups excluding carboxylic acids is 2. The van der Waals surface area contributed by atoms with Crippen LogP contribution in [-0.4, -0.2) is 33.4 Å². The van der Waals surface area contributed by atoms with Crippen molar-refractivity contribution in [1.29, 1.82) is 0 Å². The number of hydrogen-bond donors (Lipinski definition) is 2. The zero-order valence-electron chi connectivity index (χ0n) is 13.6. The number of amides is 2. The Balaban J connectivity index is 1.82. The smallest absolute Gasteiger partial charge is 0.285 e. The van der Waals surface area contributed by atoms with Crippen LogP contribution in [0, 0.1) is 0 Å². The van der Waals surface area contributed by atoms with Gasteiger partial charge in [0.2, 0.25) is 0 Å². The van der Waals surface area contributed by atoms with E-state index in [1.54, 1.807) is 31.4 Å². The maximum atomic E-state index is 12.6. The Labute approximate surface area is 159 Å². The molecule has 0 atom stereocenters. The van der Waals surface area contributed by atoms with Crippen LogP contribution in [0.4, 0.5) is 0 Å². The van der Waals surface area contributed by atoms with Gasteiger partial charge in [0.15, 0.2) is 4.32 Å². The molecule has 2 aromatic carbocycles. The molecule has 1 aliphatic rings. The highest BCUT2D eigenvalue weighted by atomic mass is 32.2. The summed E-state index contributed by atoms with van der Waals surface area (Å²) in [6.07, 6.45) is 1.66. The molecule has 3 rings (SSSR count). The molecule has 2 aromatic rings. The number of hydrogen-bond acceptors (Lipinski definition) is 6. The maximum Gasteiger partial charge on any atom is 0.285 e. The summed E-state index contributed by atoms with van der Waals surface area (Å²) in [6.45, 7) is 0. The Kier molecular flexibility index (Phi) is 5.24. The molecular weight excluding hydrogens is 372 g/mol. The molecule has 0 saturated carbocycles. The summed E-state index contributed by atoms with van der Waals surface area (Å²) in [7, 11) is 1.55. The van der Waals surface area contributed by atoms with Gasteiger partial charge in [0.1, 0.15) is 11.5 Å². The van der Waals surface area contributed by atoms with Gasteiger partial charge in [-0.2, -0.15) is 5.01 Å². The van der Waals surface area contributed by atoms with E-state index in [1.807, 2.05) is 18.2 Å². The van der Waals surface area contributed by atoms with Crippen LogP contribution in [0.15, 0.2) is 53.4 Å². The average molecular weight is 386 g/mol. The topological polar surface area (TPSA) is 78.9 Å². The third-order valence-electron chi connectivity index (χ3n) is 3.58. The normalized spacial score (nSPS) is 15.4. The summed E-state index contributed by atoms with van der Waals surface area (Å²) >= 11 is 6.27. The third-order valence-corrected chi connectivity index (χ3v) is 4.88. The Hall–Kier alpha value is -2.84. The highest BCUT2D eigenvalue weighted by Crippen LogP contribution is 2.33. The number of thioether (sulfide) groups is 1. The molecule has 0 bridgehead atoms. The van der Waals surface area contributed by atoms with Crippen LogP contribution in [0.2, 0.25) is 0 Å². The molecule has 2 amide bonds. The fourth-order valence-electron chi connectivity index (χ4n) is 2.32. The Morgan fingerprint density at radius 2 is 1.92 bits per heavy atom. The average Bonchev–Trinajstić information content (AvgIpc) is 2.90. The zero-order valence-corrected chi connectivity index (χ0v) is 15.3.